The van der Waals surface area contributed by atoms with Crippen LogP contribution in [0.2, 0.25) is 10.0 Å². The Morgan fingerprint density at radius 3 is 2.70 bits per heavy atom. The van der Waals surface area contributed by atoms with Crippen molar-refractivity contribution in [2.24, 2.45) is 0 Å². The van der Waals surface area contributed by atoms with Crippen LogP contribution in [0.15, 0.2) is 29.8 Å². The minimum Gasteiger partial charge on any atom is -0.332 e. The Bertz CT molecular complexity index is 579. The summed E-state index contributed by atoms with van der Waals surface area (Å²) < 4.78 is 0. The van der Waals surface area contributed by atoms with Crippen LogP contribution in [0.1, 0.15) is 57.9 Å². The predicted octanol–water partition coefficient (Wildman–Crippen LogP) is 6.01. The third-order valence-electron chi connectivity index (χ3n) is 4.22. The van der Waals surface area contributed by atoms with Crippen LogP contribution in [0.25, 0.3) is 0 Å². The zero-order valence-corrected chi connectivity index (χ0v) is 15.5. The van der Waals surface area contributed by atoms with Crippen molar-refractivity contribution < 1.29 is 4.79 Å². The average Bonchev–Trinajstić information content (AvgIpc) is 3.37. The van der Waals surface area contributed by atoms with Gasteiger partial charge in [0.25, 0.3) is 0 Å². The third kappa shape index (κ3) is 5.26. The lowest BCUT2D eigenvalue weighted by atomic mass is 10.1. The van der Waals surface area contributed by atoms with Crippen LogP contribution >= 0.6 is 23.2 Å². The summed E-state index contributed by atoms with van der Waals surface area (Å²) in [5.74, 6) is 0.125. The Kier molecular flexibility index (Phi) is 6.98. The van der Waals surface area contributed by atoms with E-state index in [1.807, 2.05) is 24.0 Å². The molecule has 1 fully saturated rings. The number of hydrogen-bond acceptors (Lipinski definition) is 1. The molecule has 2 nitrogen and oxygen atoms in total. The standard InChI is InChI=1S/C19H25Cl2NO/c1-3-4-5-6-8-14(2)19(23)22(16-11-12-16)13-15-9-7-10-17(20)18(15)21/h7-10,16H,3-6,11-13H2,1-2H3/b14-8-. The van der Waals surface area contributed by atoms with Gasteiger partial charge in [0.05, 0.1) is 10.0 Å². The van der Waals surface area contributed by atoms with E-state index in [1.165, 1.54) is 12.8 Å². The molecular formula is C19H25Cl2NO. The van der Waals surface area contributed by atoms with Crippen molar-refractivity contribution in [2.75, 3.05) is 0 Å². The predicted molar refractivity (Wildman–Crippen MR) is 97.9 cm³/mol. The van der Waals surface area contributed by atoms with Gasteiger partial charge in [-0.2, -0.15) is 0 Å². The highest BCUT2D eigenvalue weighted by atomic mass is 35.5. The van der Waals surface area contributed by atoms with Gasteiger partial charge in [-0.3, -0.25) is 4.79 Å². The van der Waals surface area contributed by atoms with Gasteiger partial charge in [-0.1, -0.05) is 61.2 Å². The lowest BCUT2D eigenvalue weighted by Crippen LogP contribution is -2.33. The molecule has 0 bridgehead atoms. The van der Waals surface area contributed by atoms with Crippen LogP contribution in [0.3, 0.4) is 0 Å². The first-order chi connectivity index (χ1) is 11.0. The van der Waals surface area contributed by atoms with Gasteiger partial charge in [0.1, 0.15) is 0 Å². The zero-order chi connectivity index (χ0) is 16.8. The number of carbonyl (C=O) groups is 1. The number of halogens is 2. The van der Waals surface area contributed by atoms with Crippen LogP contribution in [-0.2, 0) is 11.3 Å². The molecule has 0 N–H and O–H groups in total. The van der Waals surface area contributed by atoms with Gasteiger partial charge < -0.3 is 4.90 Å². The Morgan fingerprint density at radius 2 is 2.04 bits per heavy atom. The van der Waals surface area contributed by atoms with Gasteiger partial charge in [0.2, 0.25) is 5.91 Å². The van der Waals surface area contributed by atoms with Gasteiger partial charge in [-0.25, -0.2) is 0 Å². The second-order valence-electron chi connectivity index (χ2n) is 6.26. The first kappa shape index (κ1) is 18.4. The van der Waals surface area contributed by atoms with E-state index in [0.29, 0.717) is 22.6 Å². The van der Waals surface area contributed by atoms with E-state index in [-0.39, 0.29) is 5.91 Å². The molecule has 0 spiro atoms. The number of unbranched alkanes of at least 4 members (excludes halogenated alkanes) is 3. The number of hydrogen-bond donors (Lipinski definition) is 0. The highest BCUT2D eigenvalue weighted by Gasteiger charge is 2.33. The molecule has 0 unspecified atom stereocenters. The summed E-state index contributed by atoms with van der Waals surface area (Å²) in [6.45, 7) is 4.64. The van der Waals surface area contributed by atoms with Crippen molar-refractivity contribution in [1.29, 1.82) is 0 Å². The Hall–Kier alpha value is -0.990. The molecule has 1 aromatic rings. The summed E-state index contributed by atoms with van der Waals surface area (Å²) >= 11 is 12.4. The molecule has 0 aromatic heterocycles. The molecule has 1 aliphatic rings. The first-order valence-electron chi connectivity index (χ1n) is 8.45. The maximum absolute atomic E-state index is 12.8. The van der Waals surface area contributed by atoms with Gasteiger partial charge in [-0.05, 0) is 44.2 Å². The van der Waals surface area contributed by atoms with E-state index < -0.39 is 0 Å². The maximum Gasteiger partial charge on any atom is 0.249 e. The fourth-order valence-corrected chi connectivity index (χ4v) is 3.01. The molecular weight excluding hydrogens is 329 g/mol. The molecule has 23 heavy (non-hydrogen) atoms. The van der Waals surface area contributed by atoms with E-state index in [0.717, 1.165) is 36.8 Å². The molecule has 2 rings (SSSR count). The van der Waals surface area contributed by atoms with Crippen LogP contribution in [0.5, 0.6) is 0 Å². The van der Waals surface area contributed by atoms with Crippen molar-refractivity contribution in [3.05, 3.63) is 45.5 Å². The smallest absolute Gasteiger partial charge is 0.249 e. The zero-order valence-electron chi connectivity index (χ0n) is 13.9. The summed E-state index contributed by atoms with van der Waals surface area (Å²) in [4.78, 5) is 14.7. The lowest BCUT2D eigenvalue weighted by Gasteiger charge is -2.24. The van der Waals surface area contributed by atoms with Gasteiger partial charge in [0, 0.05) is 18.2 Å². The first-order valence-corrected chi connectivity index (χ1v) is 9.20. The molecule has 0 saturated heterocycles. The van der Waals surface area contributed by atoms with Crippen molar-refractivity contribution in [1.82, 2.24) is 4.90 Å². The SMILES string of the molecule is CCCCC/C=C(/C)C(=O)N(Cc1cccc(Cl)c1Cl)C1CC1. The Balaban J connectivity index is 2.06. The summed E-state index contributed by atoms with van der Waals surface area (Å²) in [7, 11) is 0. The normalized spacial score (nSPS) is 14.9. The molecule has 0 aliphatic heterocycles. The van der Waals surface area contributed by atoms with Gasteiger partial charge in [-0.15, -0.1) is 0 Å². The number of allylic oxidation sites excluding steroid dienone is 1. The molecule has 1 amide bonds. The number of amides is 1. The quantitative estimate of drug-likeness (QED) is 0.413. The molecule has 1 aromatic carbocycles. The molecule has 1 aliphatic carbocycles. The number of nitrogens with zero attached hydrogens (tertiary/aromatic N) is 1. The summed E-state index contributed by atoms with van der Waals surface area (Å²) in [6.07, 6.45) is 8.75. The minimum atomic E-state index is 0.125. The van der Waals surface area contributed by atoms with Crippen LogP contribution < -0.4 is 0 Å². The highest BCUT2D eigenvalue weighted by molar-refractivity contribution is 6.42. The summed E-state index contributed by atoms with van der Waals surface area (Å²) in [6, 6.07) is 5.94. The van der Waals surface area contributed by atoms with E-state index in [1.54, 1.807) is 6.07 Å². The highest BCUT2D eigenvalue weighted by Crippen LogP contribution is 2.33. The molecule has 0 radical (unpaired) electrons. The van der Waals surface area contributed by atoms with Crippen molar-refractivity contribution in [3.8, 4) is 0 Å². The third-order valence-corrected chi connectivity index (χ3v) is 5.07. The van der Waals surface area contributed by atoms with E-state index in [2.05, 4.69) is 13.0 Å². The fourth-order valence-electron chi connectivity index (χ4n) is 2.63. The van der Waals surface area contributed by atoms with Crippen LogP contribution in [0.4, 0.5) is 0 Å². The van der Waals surface area contributed by atoms with Crippen LogP contribution in [0, 0.1) is 0 Å². The fraction of sp³-hybridized carbons (Fsp3) is 0.526. The molecule has 0 atom stereocenters. The second kappa shape index (κ2) is 8.75. The van der Waals surface area contributed by atoms with E-state index in [4.69, 9.17) is 23.2 Å². The Morgan fingerprint density at radius 1 is 1.30 bits per heavy atom. The summed E-state index contributed by atoms with van der Waals surface area (Å²) in [5, 5.41) is 1.09. The topological polar surface area (TPSA) is 20.3 Å². The average molecular weight is 354 g/mol. The largest absolute Gasteiger partial charge is 0.332 e. The monoisotopic (exact) mass is 353 g/mol. The molecule has 0 heterocycles. The molecule has 1 saturated carbocycles. The van der Waals surface area contributed by atoms with Crippen LogP contribution in [-0.4, -0.2) is 16.8 Å². The van der Waals surface area contributed by atoms with Crippen molar-refractivity contribution in [2.45, 2.75) is 65.0 Å². The van der Waals surface area contributed by atoms with Gasteiger partial charge in [0.15, 0.2) is 0 Å². The molecule has 4 heteroatoms. The van der Waals surface area contributed by atoms with Gasteiger partial charge >= 0.3 is 0 Å². The Labute approximate surface area is 149 Å². The second-order valence-corrected chi connectivity index (χ2v) is 7.05. The number of benzene rings is 1. The number of carbonyl (C=O) groups excluding carboxylic acids is 1. The molecule has 126 valence electrons. The minimum absolute atomic E-state index is 0.125. The summed E-state index contributed by atoms with van der Waals surface area (Å²) in [5.41, 5.74) is 1.75. The van der Waals surface area contributed by atoms with Crippen molar-refractivity contribution in [3.63, 3.8) is 0 Å². The van der Waals surface area contributed by atoms with E-state index in [9.17, 15) is 4.79 Å². The van der Waals surface area contributed by atoms with Crippen molar-refractivity contribution >= 4 is 29.1 Å². The van der Waals surface area contributed by atoms with E-state index >= 15 is 0 Å². The maximum atomic E-state index is 12.8. The number of rotatable bonds is 8. The lowest BCUT2D eigenvalue weighted by molar-refractivity contribution is -0.128.